The molecule has 1 aromatic heterocycles. The number of carbonyl (C=O) groups excluding carboxylic acids is 4. The molecule has 2 aromatic rings. The van der Waals surface area contributed by atoms with E-state index in [4.69, 9.17) is 4.74 Å². The molecule has 2 aliphatic heterocycles. The second-order valence-corrected chi connectivity index (χ2v) is 11.6. The van der Waals surface area contributed by atoms with E-state index >= 15 is 0 Å². The molecule has 1 saturated heterocycles. The number of hydrazine groups is 1. The molecule has 1 fully saturated rings. The molecular formula is C30H39N5O5. The molecule has 1 aromatic carbocycles. The molecule has 0 aliphatic carbocycles. The summed E-state index contributed by atoms with van der Waals surface area (Å²) >= 11 is 0. The van der Waals surface area contributed by atoms with Crippen LogP contribution < -0.4 is 16.1 Å². The van der Waals surface area contributed by atoms with Gasteiger partial charge in [-0.2, -0.15) is 0 Å². The first-order valence-electron chi connectivity index (χ1n) is 13.8. The predicted octanol–water partition coefficient (Wildman–Crippen LogP) is 3.03. The van der Waals surface area contributed by atoms with Gasteiger partial charge in [0.2, 0.25) is 11.8 Å². The predicted molar refractivity (Wildman–Crippen MR) is 151 cm³/mol. The van der Waals surface area contributed by atoms with Crippen molar-refractivity contribution in [2.45, 2.75) is 78.6 Å². The molecule has 10 nitrogen and oxygen atoms in total. The lowest BCUT2D eigenvalue weighted by molar-refractivity contribution is -0.157. The molecule has 0 spiro atoms. The van der Waals surface area contributed by atoms with Gasteiger partial charge in [0, 0.05) is 18.1 Å². The Morgan fingerprint density at radius 1 is 1.05 bits per heavy atom. The summed E-state index contributed by atoms with van der Waals surface area (Å²) in [7, 11) is 0. The van der Waals surface area contributed by atoms with Crippen molar-refractivity contribution in [3.8, 4) is 0 Å². The molecule has 4 unspecified atom stereocenters. The van der Waals surface area contributed by atoms with E-state index in [9.17, 15) is 19.2 Å². The smallest absolute Gasteiger partial charge is 0.325 e. The van der Waals surface area contributed by atoms with Crippen LogP contribution in [-0.4, -0.2) is 58.4 Å². The highest BCUT2D eigenvalue weighted by Crippen LogP contribution is 2.25. The molecule has 5 bridgehead atoms. The van der Waals surface area contributed by atoms with Gasteiger partial charge in [-0.1, -0.05) is 38.1 Å². The van der Waals surface area contributed by atoms with E-state index in [0.29, 0.717) is 25.1 Å². The number of nitrogens with one attached hydrogen (secondary N) is 3. The number of amides is 3. The SMILES string of the molecule is CC1NC(=O)C(C(C)C)NC(=O)C(C)(C)C=Cc2ccc3cnc(cc3c2)C(C)OC(=O)C2CCCN(N2)C1=O. The second kappa shape index (κ2) is 11.8. The molecule has 2 aliphatic rings. The van der Waals surface area contributed by atoms with Crippen LogP contribution in [0.25, 0.3) is 16.8 Å². The third-order valence-corrected chi connectivity index (χ3v) is 7.46. The molecule has 4 atom stereocenters. The maximum atomic E-state index is 13.3. The molecule has 40 heavy (non-hydrogen) atoms. The van der Waals surface area contributed by atoms with Gasteiger partial charge in [-0.25, -0.2) is 5.43 Å². The first-order valence-corrected chi connectivity index (χ1v) is 13.8. The van der Waals surface area contributed by atoms with Crippen molar-refractivity contribution in [2.75, 3.05) is 6.54 Å². The van der Waals surface area contributed by atoms with Gasteiger partial charge in [0.1, 0.15) is 24.2 Å². The number of carbonyl (C=O) groups is 4. The van der Waals surface area contributed by atoms with Crippen LogP contribution in [0.1, 0.15) is 71.7 Å². The van der Waals surface area contributed by atoms with Crippen LogP contribution in [0.2, 0.25) is 0 Å². The number of hydrogen-bond acceptors (Lipinski definition) is 7. The zero-order valence-electron chi connectivity index (χ0n) is 24.0. The average Bonchev–Trinajstić information content (AvgIpc) is 2.92. The Hall–Kier alpha value is -3.79. The van der Waals surface area contributed by atoms with Crippen LogP contribution in [0, 0.1) is 11.3 Å². The van der Waals surface area contributed by atoms with Crippen molar-refractivity contribution in [1.29, 1.82) is 0 Å². The number of benzene rings is 1. The average molecular weight is 550 g/mol. The monoisotopic (exact) mass is 549 g/mol. The maximum Gasteiger partial charge on any atom is 0.325 e. The van der Waals surface area contributed by atoms with Gasteiger partial charge in [-0.15, -0.1) is 0 Å². The minimum Gasteiger partial charge on any atom is -0.455 e. The fraction of sp³-hybridized carbons (Fsp3) is 0.500. The normalized spacial score (nSPS) is 26.4. The van der Waals surface area contributed by atoms with E-state index in [-0.39, 0.29) is 17.7 Å². The van der Waals surface area contributed by atoms with Gasteiger partial charge in [0.25, 0.3) is 5.91 Å². The minimum absolute atomic E-state index is 0.217. The van der Waals surface area contributed by atoms with Gasteiger partial charge in [0.15, 0.2) is 0 Å². The largest absolute Gasteiger partial charge is 0.455 e. The Balaban J connectivity index is 1.70. The summed E-state index contributed by atoms with van der Waals surface area (Å²) in [6.07, 6.45) is 5.92. The Bertz CT molecular complexity index is 1340. The summed E-state index contributed by atoms with van der Waals surface area (Å²) in [6, 6.07) is 5.34. The number of aromatic nitrogens is 1. The zero-order valence-corrected chi connectivity index (χ0v) is 24.0. The summed E-state index contributed by atoms with van der Waals surface area (Å²) in [6.45, 7) is 11.0. The third-order valence-electron chi connectivity index (χ3n) is 7.46. The summed E-state index contributed by atoms with van der Waals surface area (Å²) in [5.74, 6) is -1.83. The van der Waals surface area contributed by atoms with E-state index in [2.05, 4.69) is 21.0 Å². The first-order chi connectivity index (χ1) is 18.9. The second-order valence-electron chi connectivity index (χ2n) is 11.6. The molecular weight excluding hydrogens is 510 g/mol. The number of hydrogen-bond donors (Lipinski definition) is 3. The van der Waals surface area contributed by atoms with Crippen LogP contribution >= 0.6 is 0 Å². The van der Waals surface area contributed by atoms with E-state index in [1.54, 1.807) is 40.0 Å². The quantitative estimate of drug-likeness (QED) is 0.466. The number of nitrogens with zero attached hydrogens (tertiary/aromatic N) is 2. The maximum absolute atomic E-state index is 13.3. The first kappa shape index (κ1) is 29.2. The molecule has 3 heterocycles. The van der Waals surface area contributed by atoms with Gasteiger partial charge in [-0.05, 0) is 69.5 Å². The highest BCUT2D eigenvalue weighted by molar-refractivity contribution is 5.94. The summed E-state index contributed by atoms with van der Waals surface area (Å²) in [5.41, 5.74) is 3.55. The number of rotatable bonds is 1. The third kappa shape index (κ3) is 6.50. The molecule has 214 valence electrons. The topological polar surface area (TPSA) is 130 Å². The fourth-order valence-corrected chi connectivity index (χ4v) is 4.78. The van der Waals surface area contributed by atoms with Crippen LogP contribution in [0.3, 0.4) is 0 Å². The van der Waals surface area contributed by atoms with Gasteiger partial charge in [-0.3, -0.25) is 29.2 Å². The standard InChI is InChI=1S/C30H39N5O5/c1-17(2)25-26(36)32-18(3)27(37)35-13-7-8-23(34-35)28(38)40-19(4)24-15-22-14-20(9-10-21(22)16-31-24)11-12-30(5,6)29(39)33-25/h9-12,14-19,23,25,34H,7-8,13H2,1-6H3,(H,32,36)(H,33,39). The van der Waals surface area contributed by atoms with Crippen molar-refractivity contribution < 1.29 is 23.9 Å². The molecule has 3 amide bonds. The number of fused-ring (bicyclic) bond motifs is 4. The number of pyridine rings is 1. The van der Waals surface area contributed by atoms with Crippen molar-refractivity contribution in [3.63, 3.8) is 0 Å². The lowest BCUT2D eigenvalue weighted by Crippen LogP contribution is -2.61. The van der Waals surface area contributed by atoms with Crippen LogP contribution in [0.5, 0.6) is 0 Å². The Kier molecular flexibility index (Phi) is 8.58. The van der Waals surface area contributed by atoms with Crippen molar-refractivity contribution in [2.24, 2.45) is 11.3 Å². The minimum atomic E-state index is -0.915. The number of ether oxygens (including phenoxy) is 1. The number of esters is 1. The Labute approximate surface area is 234 Å². The van der Waals surface area contributed by atoms with Gasteiger partial charge in [0.05, 0.1) is 11.1 Å². The summed E-state index contributed by atoms with van der Waals surface area (Å²) in [4.78, 5) is 57.2. The summed E-state index contributed by atoms with van der Waals surface area (Å²) < 4.78 is 5.75. The molecule has 0 radical (unpaired) electrons. The van der Waals surface area contributed by atoms with Gasteiger partial charge >= 0.3 is 5.97 Å². The van der Waals surface area contributed by atoms with Gasteiger partial charge < -0.3 is 15.4 Å². The van der Waals surface area contributed by atoms with Crippen molar-refractivity contribution >= 4 is 40.5 Å². The van der Waals surface area contributed by atoms with Crippen LogP contribution in [0.15, 0.2) is 36.5 Å². The van der Waals surface area contributed by atoms with Crippen LogP contribution in [0.4, 0.5) is 0 Å². The Morgan fingerprint density at radius 3 is 2.52 bits per heavy atom. The van der Waals surface area contributed by atoms with Crippen molar-refractivity contribution in [1.82, 2.24) is 26.1 Å². The highest BCUT2D eigenvalue weighted by atomic mass is 16.5. The molecule has 3 N–H and O–H groups in total. The zero-order chi connectivity index (χ0) is 29.2. The van der Waals surface area contributed by atoms with Crippen LogP contribution in [-0.2, 0) is 23.9 Å². The molecule has 4 rings (SSSR count). The molecule has 0 saturated carbocycles. The lowest BCUT2D eigenvalue weighted by atomic mass is 9.89. The molecule has 10 heteroatoms. The Morgan fingerprint density at radius 2 is 1.80 bits per heavy atom. The lowest BCUT2D eigenvalue weighted by Gasteiger charge is -2.35. The van der Waals surface area contributed by atoms with Crippen molar-refractivity contribution in [3.05, 3.63) is 47.8 Å². The van der Waals surface area contributed by atoms with E-state index in [1.165, 1.54) is 5.01 Å². The fourth-order valence-electron chi connectivity index (χ4n) is 4.78. The highest BCUT2D eigenvalue weighted by Gasteiger charge is 2.35. The van der Waals surface area contributed by atoms with E-state index in [1.807, 2.05) is 44.2 Å². The summed E-state index contributed by atoms with van der Waals surface area (Å²) in [5, 5.41) is 8.83. The number of cyclic esters (lactones) is 1. The van der Waals surface area contributed by atoms with E-state index in [0.717, 1.165) is 16.3 Å². The van der Waals surface area contributed by atoms with E-state index < -0.39 is 41.5 Å².